The van der Waals surface area contributed by atoms with E-state index in [1.807, 2.05) is 19.9 Å². The number of carbonyl (C=O) groups is 2. The Bertz CT molecular complexity index is 800. The maximum Gasteiger partial charge on any atom is 0.340 e. The van der Waals surface area contributed by atoms with Crippen molar-refractivity contribution in [1.82, 2.24) is 4.57 Å². The van der Waals surface area contributed by atoms with Crippen LogP contribution in [0.1, 0.15) is 57.9 Å². The zero-order chi connectivity index (χ0) is 18.1. The van der Waals surface area contributed by atoms with Crippen molar-refractivity contribution in [1.29, 1.82) is 0 Å². The van der Waals surface area contributed by atoms with Crippen LogP contribution in [0.2, 0.25) is 0 Å². The molecule has 5 nitrogen and oxygen atoms in total. The maximum atomic E-state index is 12.5. The predicted molar refractivity (Wildman–Crippen MR) is 94.4 cm³/mol. The number of nitrogens with zero attached hydrogens (tertiary/aromatic N) is 1. The Kier molecular flexibility index (Phi) is 4.66. The first-order chi connectivity index (χ1) is 11.9. The van der Waals surface area contributed by atoms with E-state index in [9.17, 15) is 9.59 Å². The molecule has 1 heterocycles. The van der Waals surface area contributed by atoms with Gasteiger partial charge >= 0.3 is 5.97 Å². The Morgan fingerprint density at radius 1 is 1.16 bits per heavy atom. The average Bonchev–Trinajstić information content (AvgIpc) is 3.39. The van der Waals surface area contributed by atoms with Gasteiger partial charge in [-0.25, -0.2) is 4.79 Å². The molecule has 0 spiro atoms. The molecular formula is C20H23NO4. The molecule has 0 aliphatic heterocycles. The van der Waals surface area contributed by atoms with Crippen molar-refractivity contribution in [3.63, 3.8) is 0 Å². The largest absolute Gasteiger partial charge is 0.497 e. The predicted octanol–water partition coefficient (Wildman–Crippen LogP) is 3.88. The highest BCUT2D eigenvalue weighted by Gasteiger charge is 2.29. The van der Waals surface area contributed by atoms with Gasteiger partial charge in [0.25, 0.3) is 0 Å². The number of hydrogen-bond acceptors (Lipinski definition) is 4. The van der Waals surface area contributed by atoms with Gasteiger partial charge in [0.2, 0.25) is 5.78 Å². The van der Waals surface area contributed by atoms with Crippen LogP contribution in [-0.2, 0) is 4.74 Å². The number of rotatable bonds is 6. The van der Waals surface area contributed by atoms with Gasteiger partial charge in [0, 0.05) is 23.0 Å². The topological polar surface area (TPSA) is 57.5 Å². The monoisotopic (exact) mass is 341 g/mol. The molecule has 25 heavy (non-hydrogen) atoms. The highest BCUT2D eigenvalue weighted by Crippen LogP contribution is 2.38. The smallest absolute Gasteiger partial charge is 0.340 e. The normalized spacial score (nSPS) is 14.9. The molecular weight excluding hydrogens is 318 g/mol. The molecule has 1 aromatic carbocycles. The van der Waals surface area contributed by atoms with Gasteiger partial charge in [-0.2, -0.15) is 0 Å². The van der Waals surface area contributed by atoms with Crippen molar-refractivity contribution < 1.29 is 19.1 Å². The van der Waals surface area contributed by atoms with Crippen LogP contribution < -0.4 is 4.74 Å². The van der Waals surface area contributed by atoms with E-state index in [0.29, 0.717) is 22.9 Å². The van der Waals surface area contributed by atoms with Crippen LogP contribution in [0.5, 0.6) is 5.75 Å². The minimum Gasteiger partial charge on any atom is -0.497 e. The number of carbonyl (C=O) groups excluding carboxylic acids is 2. The molecule has 0 bridgehead atoms. The van der Waals surface area contributed by atoms with E-state index in [-0.39, 0.29) is 5.78 Å². The molecule has 3 rings (SSSR count). The van der Waals surface area contributed by atoms with Crippen molar-refractivity contribution in [2.45, 2.75) is 45.8 Å². The van der Waals surface area contributed by atoms with Crippen LogP contribution in [0.4, 0.5) is 0 Å². The Balaban J connectivity index is 1.71. The Morgan fingerprint density at radius 2 is 1.80 bits per heavy atom. The summed E-state index contributed by atoms with van der Waals surface area (Å²) in [6, 6.07) is 9.12. The second-order valence-corrected chi connectivity index (χ2v) is 6.53. The van der Waals surface area contributed by atoms with Crippen molar-refractivity contribution >= 4 is 11.8 Å². The zero-order valence-corrected chi connectivity index (χ0v) is 15.0. The number of aromatic nitrogens is 1. The summed E-state index contributed by atoms with van der Waals surface area (Å²) >= 11 is 0. The first-order valence-corrected chi connectivity index (χ1v) is 8.50. The molecule has 0 unspecified atom stereocenters. The quantitative estimate of drug-likeness (QED) is 0.591. The Hall–Kier alpha value is -2.56. The van der Waals surface area contributed by atoms with E-state index in [4.69, 9.17) is 9.47 Å². The van der Waals surface area contributed by atoms with Crippen LogP contribution in [0.15, 0.2) is 30.3 Å². The number of ketones is 1. The standard InChI is InChI=1S/C20H23NO4/c1-12-11-18(13(2)21(12)16-7-8-16)20(23)25-14(3)19(22)15-5-9-17(24-4)10-6-15/h5-6,9-11,14,16H,7-8H2,1-4H3/t14-/m0/s1. The van der Waals surface area contributed by atoms with E-state index in [0.717, 1.165) is 24.2 Å². The highest BCUT2D eigenvalue weighted by molar-refractivity contribution is 6.01. The van der Waals surface area contributed by atoms with Gasteiger partial charge in [0.1, 0.15) is 5.75 Å². The summed E-state index contributed by atoms with van der Waals surface area (Å²) in [4.78, 5) is 25.0. The molecule has 1 aliphatic carbocycles. The van der Waals surface area contributed by atoms with Gasteiger partial charge in [0.15, 0.2) is 6.10 Å². The van der Waals surface area contributed by atoms with Gasteiger partial charge in [-0.3, -0.25) is 4.79 Å². The van der Waals surface area contributed by atoms with Crippen LogP contribution in [0.25, 0.3) is 0 Å². The van der Waals surface area contributed by atoms with Crippen LogP contribution in [-0.4, -0.2) is 29.5 Å². The summed E-state index contributed by atoms with van der Waals surface area (Å²) in [6.45, 7) is 5.52. The number of hydrogen-bond donors (Lipinski definition) is 0. The number of aryl methyl sites for hydroxylation is 1. The fraction of sp³-hybridized carbons (Fsp3) is 0.400. The fourth-order valence-corrected chi connectivity index (χ4v) is 3.15. The molecule has 1 saturated carbocycles. The first-order valence-electron chi connectivity index (χ1n) is 8.50. The van der Waals surface area contributed by atoms with E-state index >= 15 is 0 Å². The van der Waals surface area contributed by atoms with Crippen LogP contribution in [0, 0.1) is 13.8 Å². The molecule has 132 valence electrons. The van der Waals surface area contributed by atoms with Gasteiger partial charge in [0.05, 0.1) is 12.7 Å². The molecule has 1 fully saturated rings. The number of benzene rings is 1. The second-order valence-electron chi connectivity index (χ2n) is 6.53. The average molecular weight is 341 g/mol. The molecule has 0 radical (unpaired) electrons. The summed E-state index contributed by atoms with van der Waals surface area (Å²) < 4.78 is 12.7. The highest BCUT2D eigenvalue weighted by atomic mass is 16.5. The van der Waals surface area contributed by atoms with E-state index in [2.05, 4.69) is 4.57 Å². The molecule has 1 aromatic heterocycles. The Labute approximate surface area is 147 Å². The lowest BCUT2D eigenvalue weighted by atomic mass is 10.1. The lowest BCUT2D eigenvalue weighted by Gasteiger charge is -2.13. The van der Waals surface area contributed by atoms with Gasteiger partial charge in [-0.15, -0.1) is 0 Å². The Morgan fingerprint density at radius 3 is 2.36 bits per heavy atom. The van der Waals surface area contributed by atoms with Crippen molar-refractivity contribution in [3.05, 3.63) is 52.8 Å². The van der Waals surface area contributed by atoms with Crippen LogP contribution >= 0.6 is 0 Å². The van der Waals surface area contributed by atoms with Crippen molar-refractivity contribution in [3.8, 4) is 5.75 Å². The third-order valence-corrected chi connectivity index (χ3v) is 4.64. The fourth-order valence-electron chi connectivity index (χ4n) is 3.15. The van der Waals surface area contributed by atoms with E-state index < -0.39 is 12.1 Å². The van der Waals surface area contributed by atoms with E-state index in [1.165, 1.54) is 0 Å². The number of ether oxygens (including phenoxy) is 2. The molecule has 1 atom stereocenters. The lowest BCUT2D eigenvalue weighted by Crippen LogP contribution is -2.24. The number of Topliss-reactive ketones (excluding diaryl/α,β-unsaturated/α-hetero) is 1. The van der Waals surface area contributed by atoms with Crippen molar-refractivity contribution in [2.75, 3.05) is 7.11 Å². The van der Waals surface area contributed by atoms with Gasteiger partial charge in [-0.05, 0) is 63.9 Å². The van der Waals surface area contributed by atoms with E-state index in [1.54, 1.807) is 38.3 Å². The summed E-state index contributed by atoms with van der Waals surface area (Å²) in [5.41, 5.74) is 3.00. The first kappa shape index (κ1) is 17.3. The molecule has 1 aliphatic rings. The minimum absolute atomic E-state index is 0.230. The number of methoxy groups -OCH3 is 1. The summed E-state index contributed by atoms with van der Waals surface area (Å²) in [5.74, 6) is -0.00456. The molecule has 5 heteroatoms. The summed E-state index contributed by atoms with van der Waals surface area (Å²) in [5, 5.41) is 0. The molecule has 0 amide bonds. The molecule has 0 N–H and O–H groups in total. The third-order valence-electron chi connectivity index (χ3n) is 4.64. The minimum atomic E-state index is -0.843. The summed E-state index contributed by atoms with van der Waals surface area (Å²) in [7, 11) is 1.57. The van der Waals surface area contributed by atoms with Gasteiger partial charge < -0.3 is 14.0 Å². The lowest BCUT2D eigenvalue weighted by molar-refractivity contribution is 0.0318. The maximum absolute atomic E-state index is 12.5. The number of esters is 1. The zero-order valence-electron chi connectivity index (χ0n) is 15.0. The molecule has 2 aromatic rings. The SMILES string of the molecule is COc1ccc(C(=O)[C@H](C)OC(=O)c2cc(C)n(C3CC3)c2C)cc1. The van der Waals surface area contributed by atoms with Gasteiger partial charge in [-0.1, -0.05) is 0 Å². The van der Waals surface area contributed by atoms with Crippen LogP contribution in [0.3, 0.4) is 0 Å². The third kappa shape index (κ3) is 3.45. The molecule has 0 saturated heterocycles. The van der Waals surface area contributed by atoms with Crippen molar-refractivity contribution in [2.24, 2.45) is 0 Å². The summed E-state index contributed by atoms with van der Waals surface area (Å²) in [6.07, 6.45) is 1.46. The second kappa shape index (κ2) is 6.75.